The van der Waals surface area contributed by atoms with E-state index >= 15 is 0 Å². The largest absolute Gasteiger partial charge is 0.466 e. The van der Waals surface area contributed by atoms with Crippen molar-refractivity contribution in [2.75, 3.05) is 6.61 Å². The zero-order chi connectivity index (χ0) is 16.9. The Bertz CT molecular complexity index is 458. The second-order valence-electron chi connectivity index (χ2n) is 6.67. The lowest BCUT2D eigenvalue weighted by atomic mass is 10.0. The van der Waals surface area contributed by atoms with E-state index in [1.165, 1.54) is 17.6 Å². The quantitative estimate of drug-likeness (QED) is 0.297. The predicted octanol–water partition coefficient (Wildman–Crippen LogP) is 5.72. The molecule has 1 atom stereocenters. The molecule has 0 aliphatic rings. The minimum Gasteiger partial charge on any atom is -0.466 e. The standard InChI is InChI=1S/C21H32O2/c1-18(2)10-9-11-19(3)16-17-23-21(22)15-8-7-14-20-12-5-4-6-13-20/h4-6,10,12-13,19H,7-9,11,14-17H2,1-3H3. The summed E-state index contributed by atoms with van der Waals surface area (Å²) in [6, 6.07) is 10.4. The van der Waals surface area contributed by atoms with Crippen LogP contribution in [0.4, 0.5) is 0 Å². The van der Waals surface area contributed by atoms with Gasteiger partial charge in [-0.25, -0.2) is 0 Å². The summed E-state index contributed by atoms with van der Waals surface area (Å²) in [5.74, 6) is 0.561. The highest BCUT2D eigenvalue weighted by Crippen LogP contribution is 2.12. The monoisotopic (exact) mass is 316 g/mol. The third-order valence-electron chi connectivity index (χ3n) is 4.02. The van der Waals surface area contributed by atoms with Gasteiger partial charge in [0.05, 0.1) is 6.61 Å². The number of aryl methyl sites for hydroxylation is 1. The second kappa shape index (κ2) is 11.9. The summed E-state index contributed by atoms with van der Waals surface area (Å²) in [7, 11) is 0. The summed E-state index contributed by atoms with van der Waals surface area (Å²) >= 11 is 0. The Labute approximate surface area is 141 Å². The highest BCUT2D eigenvalue weighted by atomic mass is 16.5. The van der Waals surface area contributed by atoms with E-state index in [4.69, 9.17) is 4.74 Å². The van der Waals surface area contributed by atoms with Gasteiger partial charge in [-0.3, -0.25) is 4.79 Å². The van der Waals surface area contributed by atoms with Gasteiger partial charge in [-0.15, -0.1) is 0 Å². The van der Waals surface area contributed by atoms with Gasteiger partial charge in [-0.1, -0.05) is 48.9 Å². The fourth-order valence-corrected chi connectivity index (χ4v) is 2.49. The molecule has 128 valence electrons. The number of unbranched alkanes of at least 4 members (excludes halogenated alkanes) is 1. The van der Waals surface area contributed by atoms with Gasteiger partial charge in [0.1, 0.15) is 0 Å². The SMILES string of the molecule is CC(C)=CCCC(C)CCOC(=O)CCCCc1ccccc1. The molecule has 0 radical (unpaired) electrons. The highest BCUT2D eigenvalue weighted by molar-refractivity contribution is 5.69. The Morgan fingerprint density at radius 2 is 1.87 bits per heavy atom. The molecule has 0 bridgehead atoms. The van der Waals surface area contributed by atoms with Crippen LogP contribution in [0.15, 0.2) is 42.0 Å². The predicted molar refractivity (Wildman–Crippen MR) is 97.4 cm³/mol. The molecule has 23 heavy (non-hydrogen) atoms. The molecule has 2 nitrogen and oxygen atoms in total. The lowest BCUT2D eigenvalue weighted by Crippen LogP contribution is -2.08. The number of rotatable bonds is 11. The Morgan fingerprint density at radius 1 is 1.13 bits per heavy atom. The van der Waals surface area contributed by atoms with Crippen molar-refractivity contribution < 1.29 is 9.53 Å². The summed E-state index contributed by atoms with van der Waals surface area (Å²) in [5, 5.41) is 0. The van der Waals surface area contributed by atoms with Gasteiger partial charge in [0.15, 0.2) is 0 Å². The van der Waals surface area contributed by atoms with Gasteiger partial charge in [0.2, 0.25) is 0 Å². The van der Waals surface area contributed by atoms with Crippen LogP contribution in [0.1, 0.15) is 64.9 Å². The fraction of sp³-hybridized carbons (Fsp3) is 0.571. The maximum atomic E-state index is 11.7. The maximum Gasteiger partial charge on any atom is 0.305 e. The van der Waals surface area contributed by atoms with Crippen LogP contribution >= 0.6 is 0 Å². The molecule has 0 fully saturated rings. The van der Waals surface area contributed by atoms with E-state index in [0.717, 1.165) is 32.1 Å². The molecule has 1 unspecified atom stereocenters. The normalized spacial score (nSPS) is 11.8. The molecule has 0 aliphatic carbocycles. The van der Waals surface area contributed by atoms with Crippen molar-refractivity contribution in [1.82, 2.24) is 0 Å². The van der Waals surface area contributed by atoms with Gasteiger partial charge in [0, 0.05) is 6.42 Å². The zero-order valence-corrected chi connectivity index (χ0v) is 15.0. The van der Waals surface area contributed by atoms with Crippen LogP contribution < -0.4 is 0 Å². The van der Waals surface area contributed by atoms with Crippen molar-refractivity contribution in [3.05, 3.63) is 47.5 Å². The van der Waals surface area contributed by atoms with Gasteiger partial charge >= 0.3 is 5.97 Å². The molecule has 0 amide bonds. The lowest BCUT2D eigenvalue weighted by Gasteiger charge is -2.10. The average Bonchev–Trinajstić information content (AvgIpc) is 2.52. The molecule has 0 aliphatic heterocycles. The van der Waals surface area contributed by atoms with Crippen molar-refractivity contribution >= 4 is 5.97 Å². The van der Waals surface area contributed by atoms with Crippen molar-refractivity contribution in [3.63, 3.8) is 0 Å². The first-order valence-corrected chi connectivity index (χ1v) is 8.91. The smallest absolute Gasteiger partial charge is 0.305 e. The van der Waals surface area contributed by atoms with E-state index in [2.05, 4.69) is 51.1 Å². The van der Waals surface area contributed by atoms with Crippen molar-refractivity contribution in [2.24, 2.45) is 5.92 Å². The molecule has 0 N–H and O–H groups in total. The fourth-order valence-electron chi connectivity index (χ4n) is 2.49. The number of esters is 1. The average molecular weight is 316 g/mol. The van der Waals surface area contributed by atoms with Crippen LogP contribution in [-0.4, -0.2) is 12.6 Å². The maximum absolute atomic E-state index is 11.7. The molecule has 1 rings (SSSR count). The highest BCUT2D eigenvalue weighted by Gasteiger charge is 2.06. The minimum atomic E-state index is -0.0467. The number of hydrogen-bond acceptors (Lipinski definition) is 2. The van der Waals surface area contributed by atoms with Crippen LogP contribution in [0.25, 0.3) is 0 Å². The van der Waals surface area contributed by atoms with Crippen LogP contribution in [0.2, 0.25) is 0 Å². The molecule has 2 heteroatoms. The molecule has 0 saturated carbocycles. The van der Waals surface area contributed by atoms with E-state index in [-0.39, 0.29) is 5.97 Å². The van der Waals surface area contributed by atoms with E-state index in [1.807, 2.05) is 6.07 Å². The van der Waals surface area contributed by atoms with E-state index in [1.54, 1.807) is 0 Å². The van der Waals surface area contributed by atoms with E-state index in [9.17, 15) is 4.79 Å². The van der Waals surface area contributed by atoms with Crippen LogP contribution in [0.5, 0.6) is 0 Å². The minimum absolute atomic E-state index is 0.0467. The van der Waals surface area contributed by atoms with Crippen molar-refractivity contribution in [3.8, 4) is 0 Å². The molecule has 0 spiro atoms. The molecular formula is C21H32O2. The summed E-state index contributed by atoms with van der Waals surface area (Å²) < 4.78 is 5.34. The number of allylic oxidation sites excluding steroid dienone is 2. The Morgan fingerprint density at radius 3 is 2.57 bits per heavy atom. The van der Waals surface area contributed by atoms with Gasteiger partial charge in [0.25, 0.3) is 0 Å². The van der Waals surface area contributed by atoms with Crippen molar-refractivity contribution in [2.45, 2.75) is 65.7 Å². The van der Waals surface area contributed by atoms with Gasteiger partial charge in [-0.2, -0.15) is 0 Å². The molecule has 1 aromatic carbocycles. The molecule has 0 heterocycles. The number of ether oxygens (including phenoxy) is 1. The Balaban J connectivity index is 2.00. The van der Waals surface area contributed by atoms with Crippen molar-refractivity contribution in [1.29, 1.82) is 0 Å². The number of benzene rings is 1. The lowest BCUT2D eigenvalue weighted by molar-refractivity contribution is -0.144. The van der Waals surface area contributed by atoms with Gasteiger partial charge in [-0.05, 0) is 63.9 Å². The molecule has 0 saturated heterocycles. The Kier molecular flexibility index (Phi) is 10.1. The van der Waals surface area contributed by atoms with E-state index < -0.39 is 0 Å². The van der Waals surface area contributed by atoms with Gasteiger partial charge < -0.3 is 4.74 Å². The summed E-state index contributed by atoms with van der Waals surface area (Å²) in [4.78, 5) is 11.7. The first-order valence-electron chi connectivity index (χ1n) is 8.91. The first kappa shape index (κ1) is 19.5. The number of carbonyl (C=O) groups excluding carboxylic acids is 1. The number of carbonyl (C=O) groups is 1. The first-order chi connectivity index (χ1) is 11.1. The third kappa shape index (κ3) is 10.7. The molecule has 0 aromatic heterocycles. The topological polar surface area (TPSA) is 26.3 Å². The molecular weight excluding hydrogens is 284 g/mol. The van der Waals surface area contributed by atoms with Crippen LogP contribution in [0.3, 0.4) is 0 Å². The third-order valence-corrected chi connectivity index (χ3v) is 4.02. The number of hydrogen-bond donors (Lipinski definition) is 0. The Hall–Kier alpha value is -1.57. The summed E-state index contributed by atoms with van der Waals surface area (Å²) in [6.07, 6.45) is 9.05. The molecule has 1 aromatic rings. The summed E-state index contributed by atoms with van der Waals surface area (Å²) in [6.45, 7) is 7.05. The van der Waals surface area contributed by atoms with E-state index in [0.29, 0.717) is 18.9 Å². The summed E-state index contributed by atoms with van der Waals surface area (Å²) in [5.41, 5.74) is 2.71. The van der Waals surface area contributed by atoms with Crippen LogP contribution in [-0.2, 0) is 16.0 Å². The zero-order valence-electron chi connectivity index (χ0n) is 15.0. The van der Waals surface area contributed by atoms with Crippen LogP contribution in [0, 0.1) is 5.92 Å². The second-order valence-corrected chi connectivity index (χ2v) is 6.67.